The number of hydrogen-bond donors (Lipinski definition) is 4. The summed E-state index contributed by atoms with van der Waals surface area (Å²) in [4.78, 5) is 16.7. The molecule has 0 aromatic heterocycles. The van der Waals surface area contributed by atoms with E-state index in [0.29, 0.717) is 0 Å². The summed E-state index contributed by atoms with van der Waals surface area (Å²) >= 11 is 0. The summed E-state index contributed by atoms with van der Waals surface area (Å²) in [5.74, 6) is 0. The largest absolute Gasteiger partial charge is 0.400 e. The molecule has 10 heavy (non-hydrogen) atoms. The lowest BCUT2D eigenvalue weighted by atomic mass is 11.7. The second kappa shape index (κ2) is 741. The van der Waals surface area contributed by atoms with Gasteiger partial charge in [0.15, 0.2) is 0 Å². The molecular weight excluding hydrogens is 140 g/mol. The standard InChI is InChI=1S/2CHNO.2CH4O/c2*2-1-3;2*1-2/h2*2H;2*2H,1H3. The summed E-state index contributed by atoms with van der Waals surface area (Å²) in [5, 5.41) is 24.8. The first-order valence-electron chi connectivity index (χ1n) is 1.80. The van der Waals surface area contributed by atoms with Crippen LogP contribution in [-0.4, -0.2) is 36.6 Å². The van der Waals surface area contributed by atoms with Gasteiger partial charge in [0.2, 0.25) is 12.2 Å². The summed E-state index contributed by atoms with van der Waals surface area (Å²) in [6, 6.07) is 0. The SMILES string of the molecule is CO.CO.N=C=O.N=C=O. The molecule has 0 bridgehead atoms. The van der Waals surface area contributed by atoms with Gasteiger partial charge in [-0.15, -0.1) is 0 Å². The van der Waals surface area contributed by atoms with Crippen LogP contribution in [0.25, 0.3) is 0 Å². The minimum atomic E-state index is 0.750. The molecule has 6 heteroatoms. The highest BCUT2D eigenvalue weighted by atomic mass is 16.2. The highest BCUT2D eigenvalue weighted by Crippen LogP contribution is 0.871. The van der Waals surface area contributed by atoms with Gasteiger partial charge in [0.05, 0.1) is 0 Å². The molecule has 0 rings (SSSR count). The Morgan fingerprint density at radius 3 is 0.900 bits per heavy atom. The molecule has 0 unspecified atom stereocenters. The van der Waals surface area contributed by atoms with E-state index in [1.165, 1.54) is 0 Å². The van der Waals surface area contributed by atoms with Crippen LogP contribution in [0.2, 0.25) is 0 Å². The minimum absolute atomic E-state index is 0.750. The van der Waals surface area contributed by atoms with E-state index in [1.807, 2.05) is 0 Å². The second-order valence-corrected chi connectivity index (χ2v) is 0.204. The van der Waals surface area contributed by atoms with Crippen molar-refractivity contribution in [3.05, 3.63) is 0 Å². The van der Waals surface area contributed by atoms with Gasteiger partial charge >= 0.3 is 0 Å². The van der Waals surface area contributed by atoms with Crippen LogP contribution in [0.1, 0.15) is 0 Å². The fourth-order valence-electron chi connectivity index (χ4n) is 0. The Morgan fingerprint density at radius 1 is 0.900 bits per heavy atom. The molecule has 0 aliphatic rings. The van der Waals surface area contributed by atoms with Crippen LogP contribution < -0.4 is 0 Å². The first kappa shape index (κ1) is 23.4. The summed E-state index contributed by atoms with van der Waals surface area (Å²) in [6.45, 7) is 0. The monoisotopic (exact) mass is 150 g/mol. The number of aliphatic hydroxyl groups excluding tert-OH is 2. The van der Waals surface area contributed by atoms with Gasteiger partial charge in [0.25, 0.3) is 0 Å². The van der Waals surface area contributed by atoms with Gasteiger partial charge in [0, 0.05) is 14.2 Å². The van der Waals surface area contributed by atoms with Gasteiger partial charge in [-0.2, -0.15) is 0 Å². The third-order valence-corrected chi connectivity index (χ3v) is 0. The van der Waals surface area contributed by atoms with Gasteiger partial charge in [-0.25, -0.2) is 20.4 Å². The number of rotatable bonds is 0. The lowest BCUT2D eigenvalue weighted by Crippen LogP contribution is -1.25. The normalized spacial score (nSPS) is 2.80. The predicted octanol–water partition coefficient (Wildman–Crippen LogP) is -0.981. The first-order chi connectivity index (χ1) is 4.83. The van der Waals surface area contributed by atoms with Crippen LogP contribution in [0.15, 0.2) is 0 Å². The number of isocyanates is 2. The van der Waals surface area contributed by atoms with Crippen LogP contribution in [0, 0.1) is 10.8 Å². The van der Waals surface area contributed by atoms with Crippen molar-refractivity contribution >= 4 is 12.2 Å². The Kier molecular flexibility index (Phi) is 1730. The molecular formula is C4H10N2O4. The van der Waals surface area contributed by atoms with Crippen molar-refractivity contribution in [3.63, 3.8) is 0 Å². The molecule has 4 N–H and O–H groups in total. The van der Waals surface area contributed by atoms with E-state index in [-0.39, 0.29) is 0 Å². The molecule has 0 spiro atoms. The maximum Gasteiger partial charge on any atom is 0.231 e. The Hall–Kier alpha value is -1.32. The minimum Gasteiger partial charge on any atom is -0.400 e. The predicted molar refractivity (Wildman–Crippen MR) is 33.1 cm³/mol. The molecule has 6 nitrogen and oxygen atoms in total. The van der Waals surface area contributed by atoms with Crippen molar-refractivity contribution in [1.29, 1.82) is 10.8 Å². The van der Waals surface area contributed by atoms with E-state index in [0.717, 1.165) is 26.4 Å². The number of hydrogen-bond acceptors (Lipinski definition) is 6. The zero-order valence-electron chi connectivity index (χ0n) is 5.71. The molecule has 0 saturated heterocycles. The Labute approximate surface area is 58.1 Å². The van der Waals surface area contributed by atoms with Gasteiger partial charge in [-0.1, -0.05) is 0 Å². The molecule has 0 radical (unpaired) electrons. The molecule has 0 aromatic carbocycles. The molecule has 0 saturated carbocycles. The van der Waals surface area contributed by atoms with Crippen LogP contribution in [0.3, 0.4) is 0 Å². The molecule has 0 atom stereocenters. The van der Waals surface area contributed by atoms with E-state index < -0.39 is 0 Å². The number of aliphatic hydroxyl groups is 2. The fraction of sp³-hybridized carbons (Fsp3) is 0.500. The van der Waals surface area contributed by atoms with Crippen molar-refractivity contribution < 1.29 is 19.8 Å². The third kappa shape index (κ3) is 124. The lowest BCUT2D eigenvalue weighted by molar-refractivity contribution is 0.399. The number of carbonyl (C=O) groups excluding carboxylic acids is 2. The Morgan fingerprint density at radius 2 is 0.900 bits per heavy atom. The van der Waals surface area contributed by atoms with Gasteiger partial charge < -0.3 is 10.2 Å². The molecule has 0 aliphatic heterocycles. The molecule has 0 aliphatic carbocycles. The van der Waals surface area contributed by atoms with Crippen LogP contribution in [0.5, 0.6) is 0 Å². The molecule has 0 fully saturated rings. The average Bonchev–Trinajstić information content (AvgIpc) is 1.99. The smallest absolute Gasteiger partial charge is 0.231 e. The van der Waals surface area contributed by atoms with Crippen molar-refractivity contribution in [2.24, 2.45) is 0 Å². The van der Waals surface area contributed by atoms with Crippen molar-refractivity contribution in [2.45, 2.75) is 0 Å². The van der Waals surface area contributed by atoms with Crippen LogP contribution in [0.4, 0.5) is 0 Å². The van der Waals surface area contributed by atoms with Crippen LogP contribution in [-0.2, 0) is 9.59 Å². The van der Waals surface area contributed by atoms with Crippen molar-refractivity contribution in [3.8, 4) is 0 Å². The summed E-state index contributed by atoms with van der Waals surface area (Å²) < 4.78 is 0. The zero-order chi connectivity index (χ0) is 9.41. The Bertz CT molecular complexity index is 69.3. The molecule has 0 amide bonds. The lowest BCUT2D eigenvalue weighted by Gasteiger charge is -1.21. The van der Waals surface area contributed by atoms with Crippen molar-refractivity contribution in [1.82, 2.24) is 0 Å². The van der Waals surface area contributed by atoms with Gasteiger partial charge in [-0.3, -0.25) is 0 Å². The van der Waals surface area contributed by atoms with Crippen molar-refractivity contribution in [2.75, 3.05) is 14.2 Å². The fourth-order valence-corrected chi connectivity index (χ4v) is 0. The third-order valence-electron chi connectivity index (χ3n) is 0. The first-order valence-corrected chi connectivity index (χ1v) is 1.80. The quantitative estimate of drug-likeness (QED) is 0.262. The van der Waals surface area contributed by atoms with Gasteiger partial charge in [0.1, 0.15) is 0 Å². The topological polar surface area (TPSA) is 122 Å². The zero-order valence-corrected chi connectivity index (χ0v) is 5.71. The summed E-state index contributed by atoms with van der Waals surface area (Å²) in [6.07, 6.45) is 1.50. The Balaban J connectivity index is -0.0000000246. The summed E-state index contributed by atoms with van der Waals surface area (Å²) in [5.41, 5.74) is 0. The maximum absolute atomic E-state index is 8.35. The van der Waals surface area contributed by atoms with E-state index in [1.54, 1.807) is 0 Å². The molecule has 0 heterocycles. The second-order valence-electron chi connectivity index (χ2n) is 0.204. The van der Waals surface area contributed by atoms with E-state index in [4.69, 9.17) is 30.6 Å². The highest BCUT2D eigenvalue weighted by molar-refractivity contribution is 5.26. The maximum atomic E-state index is 8.35. The number of nitrogens with one attached hydrogen (secondary N) is 2. The summed E-state index contributed by atoms with van der Waals surface area (Å²) in [7, 11) is 2.00. The van der Waals surface area contributed by atoms with Crippen LogP contribution >= 0.6 is 0 Å². The molecule has 60 valence electrons. The van der Waals surface area contributed by atoms with E-state index >= 15 is 0 Å². The average molecular weight is 150 g/mol. The van der Waals surface area contributed by atoms with E-state index in [2.05, 4.69) is 0 Å². The van der Waals surface area contributed by atoms with E-state index in [9.17, 15) is 0 Å². The van der Waals surface area contributed by atoms with Gasteiger partial charge in [-0.05, 0) is 0 Å². The highest BCUT2D eigenvalue weighted by Gasteiger charge is 1.04. The molecule has 0 aromatic rings.